The van der Waals surface area contributed by atoms with Gasteiger partial charge in [0.25, 0.3) is 0 Å². The Bertz CT molecular complexity index is 555. The van der Waals surface area contributed by atoms with Crippen molar-refractivity contribution in [3.63, 3.8) is 0 Å². The van der Waals surface area contributed by atoms with Crippen LogP contribution in [0.1, 0.15) is 23.4 Å². The highest BCUT2D eigenvalue weighted by atomic mass is 35.5. The second kappa shape index (κ2) is 5.49. The summed E-state index contributed by atoms with van der Waals surface area (Å²) < 4.78 is 0. The summed E-state index contributed by atoms with van der Waals surface area (Å²) >= 11 is 7.76. The largest absolute Gasteiger partial charge is 0.390 e. The van der Waals surface area contributed by atoms with E-state index in [1.807, 2.05) is 12.1 Å². The highest BCUT2D eigenvalue weighted by molar-refractivity contribution is 7.09. The summed E-state index contributed by atoms with van der Waals surface area (Å²) in [5, 5.41) is 11.9. The third-order valence-corrected chi connectivity index (χ3v) is 4.45. The molecule has 2 heterocycles. The Morgan fingerprint density at radius 3 is 2.84 bits per heavy atom. The van der Waals surface area contributed by atoms with E-state index in [0.717, 1.165) is 12.4 Å². The first kappa shape index (κ1) is 12.9. The number of halogens is 1. The second-order valence-corrected chi connectivity index (χ2v) is 6.13. The lowest BCUT2D eigenvalue weighted by molar-refractivity contribution is 0.277. The number of aliphatic hydroxyl groups excluding tert-OH is 1. The van der Waals surface area contributed by atoms with Gasteiger partial charge in [0, 0.05) is 10.9 Å². The van der Waals surface area contributed by atoms with Gasteiger partial charge in [0.2, 0.25) is 0 Å². The van der Waals surface area contributed by atoms with Gasteiger partial charge in [-0.15, -0.1) is 11.3 Å². The van der Waals surface area contributed by atoms with E-state index in [1.165, 1.54) is 17.7 Å². The van der Waals surface area contributed by atoms with Crippen LogP contribution >= 0.6 is 22.9 Å². The molecule has 1 fully saturated rings. The molecule has 0 spiro atoms. The summed E-state index contributed by atoms with van der Waals surface area (Å²) in [7, 11) is 0. The van der Waals surface area contributed by atoms with Crippen LogP contribution in [0.3, 0.4) is 0 Å². The predicted octanol–water partition coefficient (Wildman–Crippen LogP) is 3.46. The third kappa shape index (κ3) is 2.91. The molecule has 0 radical (unpaired) electrons. The fourth-order valence-electron chi connectivity index (χ4n) is 2.10. The molecule has 5 heteroatoms. The highest BCUT2D eigenvalue weighted by Crippen LogP contribution is 2.33. The molecule has 0 atom stereocenters. The molecule has 1 aliphatic rings. The minimum Gasteiger partial charge on any atom is -0.390 e. The van der Waals surface area contributed by atoms with Crippen LogP contribution in [0, 0.1) is 0 Å². The van der Waals surface area contributed by atoms with E-state index >= 15 is 0 Å². The van der Waals surface area contributed by atoms with Crippen LogP contribution < -0.4 is 4.90 Å². The van der Waals surface area contributed by atoms with E-state index < -0.39 is 0 Å². The first-order valence-electron chi connectivity index (χ1n) is 6.33. The van der Waals surface area contributed by atoms with Gasteiger partial charge in [0.1, 0.15) is 5.82 Å². The average molecular weight is 295 g/mol. The second-order valence-electron chi connectivity index (χ2n) is 4.69. The zero-order valence-corrected chi connectivity index (χ0v) is 12.0. The van der Waals surface area contributed by atoms with Crippen molar-refractivity contribution in [3.05, 3.63) is 45.2 Å². The number of hydrogen-bond acceptors (Lipinski definition) is 4. The summed E-state index contributed by atoms with van der Waals surface area (Å²) in [5.41, 5.74) is 0.552. The van der Waals surface area contributed by atoms with Crippen molar-refractivity contribution >= 4 is 28.8 Å². The lowest BCUT2D eigenvalue weighted by Gasteiger charge is -2.23. The lowest BCUT2D eigenvalue weighted by atomic mass is 10.3. The molecule has 1 N–H and O–H groups in total. The predicted molar refractivity (Wildman–Crippen MR) is 78.7 cm³/mol. The summed E-state index contributed by atoms with van der Waals surface area (Å²) in [5.74, 6) is 0.907. The van der Waals surface area contributed by atoms with Gasteiger partial charge in [-0.05, 0) is 36.4 Å². The van der Waals surface area contributed by atoms with E-state index in [-0.39, 0.29) is 6.61 Å². The van der Waals surface area contributed by atoms with Crippen molar-refractivity contribution in [2.45, 2.75) is 32.0 Å². The zero-order valence-electron chi connectivity index (χ0n) is 10.4. The number of aliphatic hydroxyl groups is 1. The van der Waals surface area contributed by atoms with Crippen molar-refractivity contribution in [2.75, 3.05) is 4.90 Å². The van der Waals surface area contributed by atoms with E-state index in [9.17, 15) is 5.11 Å². The Kier molecular flexibility index (Phi) is 3.73. The lowest BCUT2D eigenvalue weighted by Crippen LogP contribution is -2.25. The summed E-state index contributed by atoms with van der Waals surface area (Å²) in [6.45, 7) is 0.756. The van der Waals surface area contributed by atoms with Crippen LogP contribution in [-0.4, -0.2) is 16.1 Å². The van der Waals surface area contributed by atoms with Gasteiger partial charge in [0.15, 0.2) is 0 Å². The van der Waals surface area contributed by atoms with E-state index in [1.54, 1.807) is 11.3 Å². The number of anilines is 1. The molecule has 100 valence electrons. The monoisotopic (exact) mass is 294 g/mol. The number of rotatable bonds is 5. The molecule has 3 nitrogen and oxygen atoms in total. The minimum absolute atomic E-state index is 0.121. The molecule has 0 aromatic carbocycles. The van der Waals surface area contributed by atoms with Crippen LogP contribution in [0.4, 0.5) is 5.82 Å². The average Bonchev–Trinajstić information content (AvgIpc) is 3.14. The Balaban J connectivity index is 1.87. The first-order valence-corrected chi connectivity index (χ1v) is 7.59. The molecule has 1 aliphatic carbocycles. The number of nitrogens with zero attached hydrogens (tertiary/aromatic N) is 2. The zero-order chi connectivity index (χ0) is 13.2. The fourth-order valence-corrected chi connectivity index (χ4v) is 2.97. The molecule has 0 saturated heterocycles. The molecule has 19 heavy (non-hydrogen) atoms. The molecule has 2 aromatic rings. The molecular formula is C14H15ClN2OS. The van der Waals surface area contributed by atoms with Gasteiger partial charge in [-0.3, -0.25) is 0 Å². The van der Waals surface area contributed by atoms with Crippen LogP contribution in [0.15, 0.2) is 29.6 Å². The van der Waals surface area contributed by atoms with Gasteiger partial charge in [-0.25, -0.2) is 4.98 Å². The number of pyridine rings is 1. The maximum atomic E-state index is 9.27. The van der Waals surface area contributed by atoms with Crippen molar-refractivity contribution < 1.29 is 5.11 Å². The van der Waals surface area contributed by atoms with Gasteiger partial charge in [-0.1, -0.05) is 17.7 Å². The van der Waals surface area contributed by atoms with Crippen LogP contribution in [0.5, 0.6) is 0 Å². The number of hydrogen-bond donors (Lipinski definition) is 1. The fraction of sp³-hybridized carbons (Fsp3) is 0.357. The molecule has 3 rings (SSSR count). The third-order valence-electron chi connectivity index (χ3n) is 3.24. The van der Waals surface area contributed by atoms with Crippen LogP contribution in [0.25, 0.3) is 0 Å². The first-order chi connectivity index (χ1) is 9.28. The maximum absolute atomic E-state index is 9.27. The summed E-state index contributed by atoms with van der Waals surface area (Å²) in [6, 6.07) is 8.54. The standard InChI is InChI=1S/C14H15ClN2OS/c15-12-5-6-14(16-13(12)9-18)17(10-3-4-10)8-11-2-1-7-19-11/h1-2,5-7,10,18H,3-4,8-9H2. The van der Waals surface area contributed by atoms with Gasteiger partial charge >= 0.3 is 0 Å². The van der Waals surface area contributed by atoms with Crippen LogP contribution in [0.2, 0.25) is 5.02 Å². The minimum atomic E-state index is -0.121. The molecule has 0 bridgehead atoms. The van der Waals surface area contributed by atoms with E-state index in [0.29, 0.717) is 16.8 Å². The van der Waals surface area contributed by atoms with Crippen molar-refractivity contribution in [2.24, 2.45) is 0 Å². The van der Waals surface area contributed by atoms with Crippen LogP contribution in [-0.2, 0) is 13.2 Å². The van der Waals surface area contributed by atoms with Crippen molar-refractivity contribution in [1.82, 2.24) is 4.98 Å². The molecule has 1 saturated carbocycles. The smallest absolute Gasteiger partial charge is 0.129 e. The normalized spacial score (nSPS) is 14.6. The summed E-state index contributed by atoms with van der Waals surface area (Å²) in [6.07, 6.45) is 2.42. The number of thiophene rings is 1. The topological polar surface area (TPSA) is 36.4 Å². The van der Waals surface area contributed by atoms with Gasteiger partial charge in [-0.2, -0.15) is 0 Å². The van der Waals surface area contributed by atoms with Crippen molar-refractivity contribution in [3.8, 4) is 0 Å². The Morgan fingerprint density at radius 2 is 2.21 bits per heavy atom. The van der Waals surface area contributed by atoms with Gasteiger partial charge < -0.3 is 10.0 Å². The van der Waals surface area contributed by atoms with E-state index in [4.69, 9.17) is 11.6 Å². The molecule has 2 aromatic heterocycles. The molecule has 0 amide bonds. The molecule has 0 unspecified atom stereocenters. The number of aromatic nitrogens is 1. The summed E-state index contributed by atoms with van der Waals surface area (Å²) in [4.78, 5) is 8.12. The SMILES string of the molecule is OCc1nc(N(Cc2cccs2)C2CC2)ccc1Cl. The Hall–Kier alpha value is -1.10. The van der Waals surface area contributed by atoms with Gasteiger partial charge in [0.05, 0.1) is 23.9 Å². The Morgan fingerprint density at radius 1 is 1.37 bits per heavy atom. The van der Waals surface area contributed by atoms with Crippen molar-refractivity contribution in [1.29, 1.82) is 0 Å². The van der Waals surface area contributed by atoms with E-state index in [2.05, 4.69) is 27.4 Å². The Labute approximate surface area is 121 Å². The quantitative estimate of drug-likeness (QED) is 0.917. The molecular weight excluding hydrogens is 280 g/mol. The molecule has 0 aliphatic heterocycles. The maximum Gasteiger partial charge on any atom is 0.129 e. The highest BCUT2D eigenvalue weighted by Gasteiger charge is 2.30.